The summed E-state index contributed by atoms with van der Waals surface area (Å²) in [5, 5.41) is 11.7. The number of halogens is 1. The molecule has 0 aliphatic heterocycles. The number of rotatable bonds is 16. The molecule has 0 amide bonds. The van der Waals surface area contributed by atoms with Gasteiger partial charge in [0.1, 0.15) is 0 Å². The Kier molecular flexibility index (Phi) is 13.4. The number of hydrogen-bond donors (Lipinski definition) is 1. The van der Waals surface area contributed by atoms with E-state index in [0.29, 0.717) is 32.1 Å². The molecule has 1 rings (SSSR count). The van der Waals surface area contributed by atoms with E-state index in [1.54, 1.807) is 0 Å². The van der Waals surface area contributed by atoms with Crippen LogP contribution in [0, 0.1) is 5.92 Å². The average Bonchev–Trinajstić information content (AvgIpc) is 2.79. The number of Topliss-reactive ketones (excluding diaryl/α,β-unsaturated/α-hetero) is 1. The fourth-order valence-corrected chi connectivity index (χ4v) is 3.25. The standard InChI is InChI=1S/C25H35ClO8/c1-4-7-13-32-20(27)17-25(31,24(30)34-15-9-6-3)21(23(29)33-14-8-5-2)22(28)18-11-10-12-19(26)16-18/h10-12,16,21,31H,4-9,13-15,17H2,1-3H3. The summed E-state index contributed by atoms with van der Waals surface area (Å²) in [5.41, 5.74) is -2.84. The zero-order valence-corrected chi connectivity index (χ0v) is 20.9. The summed E-state index contributed by atoms with van der Waals surface area (Å²) in [4.78, 5) is 52.0. The molecule has 2 atom stereocenters. The van der Waals surface area contributed by atoms with Crippen LogP contribution < -0.4 is 0 Å². The molecule has 0 aliphatic carbocycles. The Balaban J connectivity index is 3.41. The fourth-order valence-electron chi connectivity index (χ4n) is 3.06. The van der Waals surface area contributed by atoms with Crippen LogP contribution in [0.25, 0.3) is 0 Å². The second kappa shape index (κ2) is 15.5. The van der Waals surface area contributed by atoms with Crippen LogP contribution in [0.4, 0.5) is 0 Å². The van der Waals surface area contributed by atoms with Crippen LogP contribution in [0.3, 0.4) is 0 Å². The molecule has 0 fully saturated rings. The van der Waals surface area contributed by atoms with Gasteiger partial charge in [0.05, 0.1) is 26.2 Å². The van der Waals surface area contributed by atoms with Crippen LogP contribution in [-0.4, -0.2) is 54.2 Å². The number of carbonyl (C=O) groups excluding carboxylic acids is 4. The molecule has 190 valence electrons. The van der Waals surface area contributed by atoms with Crippen LogP contribution in [0.15, 0.2) is 24.3 Å². The molecule has 1 aromatic carbocycles. The van der Waals surface area contributed by atoms with E-state index in [-0.39, 0.29) is 30.4 Å². The SMILES string of the molecule is CCCCOC(=O)CC(O)(C(=O)OCCCC)C(C(=O)OCCCC)C(=O)c1cccc(Cl)c1. The lowest BCUT2D eigenvalue weighted by molar-refractivity contribution is -0.183. The third kappa shape index (κ3) is 9.06. The Hall–Kier alpha value is -2.45. The van der Waals surface area contributed by atoms with Gasteiger partial charge in [0.15, 0.2) is 17.3 Å². The van der Waals surface area contributed by atoms with E-state index in [2.05, 4.69) is 0 Å². The van der Waals surface area contributed by atoms with Crippen molar-refractivity contribution in [3.63, 3.8) is 0 Å². The van der Waals surface area contributed by atoms with Gasteiger partial charge in [0, 0.05) is 10.6 Å². The number of ether oxygens (including phenoxy) is 3. The van der Waals surface area contributed by atoms with Gasteiger partial charge in [-0.2, -0.15) is 0 Å². The Morgan fingerprint density at radius 2 is 1.47 bits per heavy atom. The van der Waals surface area contributed by atoms with Gasteiger partial charge in [-0.3, -0.25) is 14.4 Å². The van der Waals surface area contributed by atoms with Crippen molar-refractivity contribution in [3.05, 3.63) is 34.9 Å². The summed E-state index contributed by atoms with van der Waals surface area (Å²) in [7, 11) is 0. The molecule has 0 radical (unpaired) electrons. The molecule has 0 heterocycles. The van der Waals surface area contributed by atoms with Gasteiger partial charge in [0.25, 0.3) is 0 Å². The fraction of sp³-hybridized carbons (Fsp3) is 0.600. The number of benzene rings is 1. The number of carbonyl (C=O) groups is 4. The highest BCUT2D eigenvalue weighted by Crippen LogP contribution is 2.30. The molecule has 2 unspecified atom stereocenters. The normalized spacial score (nSPS) is 13.4. The van der Waals surface area contributed by atoms with Gasteiger partial charge in [-0.15, -0.1) is 0 Å². The number of aliphatic hydroxyl groups is 1. The van der Waals surface area contributed by atoms with Crippen molar-refractivity contribution < 1.29 is 38.5 Å². The zero-order chi connectivity index (χ0) is 25.6. The maximum atomic E-state index is 13.4. The maximum Gasteiger partial charge on any atom is 0.340 e. The molecule has 0 saturated heterocycles. The van der Waals surface area contributed by atoms with Crippen molar-refractivity contribution in [2.75, 3.05) is 19.8 Å². The predicted octanol–water partition coefficient (Wildman–Crippen LogP) is 4.29. The predicted molar refractivity (Wildman–Crippen MR) is 126 cm³/mol. The van der Waals surface area contributed by atoms with E-state index in [9.17, 15) is 24.3 Å². The highest BCUT2D eigenvalue weighted by Gasteiger charge is 2.55. The molecular formula is C25H35ClO8. The molecule has 1 N–H and O–H groups in total. The first kappa shape index (κ1) is 29.6. The summed E-state index contributed by atoms with van der Waals surface area (Å²) in [5.74, 6) is -6.29. The van der Waals surface area contributed by atoms with Crippen LogP contribution in [0.5, 0.6) is 0 Å². The summed E-state index contributed by atoms with van der Waals surface area (Å²) < 4.78 is 15.5. The molecule has 0 saturated carbocycles. The van der Waals surface area contributed by atoms with E-state index >= 15 is 0 Å². The topological polar surface area (TPSA) is 116 Å². The van der Waals surface area contributed by atoms with Gasteiger partial charge in [-0.05, 0) is 31.4 Å². The van der Waals surface area contributed by atoms with Gasteiger partial charge in [0.2, 0.25) is 0 Å². The molecule has 8 nitrogen and oxygen atoms in total. The summed E-state index contributed by atoms with van der Waals surface area (Å²) in [6, 6.07) is 5.72. The molecule has 0 aliphatic rings. The second-order valence-corrected chi connectivity index (χ2v) is 8.43. The maximum absolute atomic E-state index is 13.4. The van der Waals surface area contributed by atoms with Gasteiger partial charge in [-0.1, -0.05) is 63.8 Å². The Bertz CT molecular complexity index is 825. The van der Waals surface area contributed by atoms with Crippen molar-refractivity contribution in [1.29, 1.82) is 0 Å². The molecule has 9 heteroatoms. The molecular weight excluding hydrogens is 464 g/mol. The van der Waals surface area contributed by atoms with Crippen LogP contribution >= 0.6 is 11.6 Å². The van der Waals surface area contributed by atoms with Crippen molar-refractivity contribution in [2.45, 2.75) is 71.3 Å². The van der Waals surface area contributed by atoms with E-state index in [0.717, 1.165) is 6.42 Å². The van der Waals surface area contributed by atoms with Gasteiger partial charge >= 0.3 is 17.9 Å². The average molecular weight is 499 g/mol. The zero-order valence-electron chi connectivity index (χ0n) is 20.1. The summed E-state index contributed by atoms with van der Waals surface area (Å²) in [6.45, 7) is 5.67. The third-order valence-electron chi connectivity index (χ3n) is 5.09. The first-order valence-corrected chi connectivity index (χ1v) is 12.1. The Labute approximate surface area is 205 Å². The van der Waals surface area contributed by atoms with Crippen molar-refractivity contribution >= 4 is 35.3 Å². The van der Waals surface area contributed by atoms with E-state index in [4.69, 9.17) is 25.8 Å². The van der Waals surface area contributed by atoms with Crippen molar-refractivity contribution in [1.82, 2.24) is 0 Å². The molecule has 0 aromatic heterocycles. The van der Waals surface area contributed by atoms with E-state index < -0.39 is 41.6 Å². The van der Waals surface area contributed by atoms with E-state index in [1.807, 2.05) is 20.8 Å². The first-order chi connectivity index (χ1) is 16.2. The highest BCUT2D eigenvalue weighted by atomic mass is 35.5. The molecule has 1 aromatic rings. The lowest BCUT2D eigenvalue weighted by Gasteiger charge is -2.31. The third-order valence-corrected chi connectivity index (χ3v) is 5.32. The number of unbranched alkanes of at least 4 members (excludes halogenated alkanes) is 3. The Morgan fingerprint density at radius 1 is 0.912 bits per heavy atom. The van der Waals surface area contributed by atoms with Crippen molar-refractivity contribution in [2.24, 2.45) is 5.92 Å². The van der Waals surface area contributed by atoms with Crippen LogP contribution in [0.2, 0.25) is 5.02 Å². The van der Waals surface area contributed by atoms with Crippen LogP contribution in [-0.2, 0) is 28.6 Å². The first-order valence-electron chi connectivity index (χ1n) is 11.7. The van der Waals surface area contributed by atoms with Crippen LogP contribution in [0.1, 0.15) is 76.1 Å². The van der Waals surface area contributed by atoms with Gasteiger partial charge in [-0.25, -0.2) is 4.79 Å². The number of ketones is 1. The minimum atomic E-state index is -2.82. The summed E-state index contributed by atoms with van der Waals surface area (Å²) >= 11 is 6.00. The lowest BCUT2D eigenvalue weighted by atomic mass is 9.79. The van der Waals surface area contributed by atoms with Gasteiger partial charge < -0.3 is 19.3 Å². The summed E-state index contributed by atoms with van der Waals surface area (Å²) in [6.07, 6.45) is 2.83. The Morgan fingerprint density at radius 3 is 2.03 bits per heavy atom. The minimum Gasteiger partial charge on any atom is -0.466 e. The molecule has 34 heavy (non-hydrogen) atoms. The number of hydrogen-bond acceptors (Lipinski definition) is 8. The van der Waals surface area contributed by atoms with E-state index in [1.165, 1.54) is 24.3 Å². The monoisotopic (exact) mass is 498 g/mol. The quantitative estimate of drug-likeness (QED) is 0.118. The highest BCUT2D eigenvalue weighted by molar-refractivity contribution is 6.31. The number of esters is 3. The molecule has 0 bridgehead atoms. The smallest absolute Gasteiger partial charge is 0.340 e. The molecule has 0 spiro atoms. The lowest BCUT2D eigenvalue weighted by Crippen LogP contribution is -2.55. The minimum absolute atomic E-state index is 0.0173. The van der Waals surface area contributed by atoms with Crippen molar-refractivity contribution in [3.8, 4) is 0 Å². The second-order valence-electron chi connectivity index (χ2n) is 7.99. The largest absolute Gasteiger partial charge is 0.466 e.